The third kappa shape index (κ3) is 2.89. The lowest BCUT2D eigenvalue weighted by molar-refractivity contribution is -0.143. The Morgan fingerprint density at radius 3 is 2.23 bits per heavy atom. The Hall–Kier alpha value is -1.43. The first-order valence-corrected chi connectivity index (χ1v) is 8.47. The van der Waals surface area contributed by atoms with Crippen molar-refractivity contribution >= 4 is 17.7 Å². The predicted octanol–water partition coefficient (Wildman–Crippen LogP) is 0.644. The Morgan fingerprint density at radius 2 is 1.64 bits per heavy atom. The van der Waals surface area contributed by atoms with Crippen LogP contribution in [0.4, 0.5) is 0 Å². The molecule has 0 radical (unpaired) electrons. The zero-order valence-electron chi connectivity index (χ0n) is 13.0. The highest BCUT2D eigenvalue weighted by atomic mass is 16.2. The number of nitrogens with zero attached hydrogens (tertiary/aromatic N) is 2. The summed E-state index contributed by atoms with van der Waals surface area (Å²) in [5, 5.41) is 0. The van der Waals surface area contributed by atoms with Gasteiger partial charge in [0, 0.05) is 12.0 Å². The number of hydrogen-bond acceptors (Lipinski definition) is 4. The van der Waals surface area contributed by atoms with E-state index in [4.69, 9.17) is 5.73 Å². The second-order valence-corrected chi connectivity index (χ2v) is 6.83. The quantitative estimate of drug-likeness (QED) is 0.776. The van der Waals surface area contributed by atoms with E-state index in [9.17, 15) is 14.4 Å². The van der Waals surface area contributed by atoms with E-state index in [1.807, 2.05) is 0 Å². The van der Waals surface area contributed by atoms with Crippen molar-refractivity contribution in [3.63, 3.8) is 0 Å². The third-order valence-electron chi connectivity index (χ3n) is 5.47. The van der Waals surface area contributed by atoms with Gasteiger partial charge in [0.2, 0.25) is 17.7 Å². The average molecular weight is 307 g/mol. The number of carbonyl (C=O) groups excluding carboxylic acids is 3. The van der Waals surface area contributed by atoms with Crippen LogP contribution in [0.3, 0.4) is 0 Å². The largest absolute Gasteiger partial charge is 0.369 e. The Kier molecular flexibility index (Phi) is 4.47. The molecule has 3 aliphatic rings. The standard InChI is InChI=1S/C16H25N3O3/c17-15(21)11-6-8-18(9-7-11)13-10-14(20)19(16(13)22)12-4-2-1-3-5-12/h11-13H,1-10H2,(H2,17,21)/t13-/m0/s1. The van der Waals surface area contributed by atoms with Gasteiger partial charge in [-0.1, -0.05) is 19.3 Å². The summed E-state index contributed by atoms with van der Waals surface area (Å²) < 4.78 is 0. The molecule has 2 aliphatic heterocycles. The smallest absolute Gasteiger partial charge is 0.247 e. The Labute approximate surface area is 131 Å². The molecule has 3 fully saturated rings. The maximum Gasteiger partial charge on any atom is 0.247 e. The van der Waals surface area contributed by atoms with Crippen LogP contribution in [0, 0.1) is 5.92 Å². The van der Waals surface area contributed by atoms with Crippen molar-refractivity contribution in [2.45, 2.75) is 63.5 Å². The monoisotopic (exact) mass is 307 g/mol. The summed E-state index contributed by atoms with van der Waals surface area (Å²) in [6.07, 6.45) is 7.01. The average Bonchev–Trinajstić information content (AvgIpc) is 2.83. The SMILES string of the molecule is NC(=O)C1CCN([C@H]2CC(=O)N(C3CCCCC3)C2=O)CC1. The fourth-order valence-electron chi connectivity index (χ4n) is 4.14. The van der Waals surface area contributed by atoms with Gasteiger partial charge in [0.05, 0.1) is 12.5 Å². The number of carbonyl (C=O) groups is 3. The van der Waals surface area contributed by atoms with E-state index in [2.05, 4.69) is 4.90 Å². The van der Waals surface area contributed by atoms with Crippen LogP contribution in [0.15, 0.2) is 0 Å². The lowest BCUT2D eigenvalue weighted by atomic mass is 9.94. The summed E-state index contributed by atoms with van der Waals surface area (Å²) in [5.41, 5.74) is 5.35. The number of nitrogens with two attached hydrogens (primary N) is 1. The summed E-state index contributed by atoms with van der Waals surface area (Å²) in [6, 6.07) is -0.204. The van der Waals surface area contributed by atoms with Crippen molar-refractivity contribution in [2.24, 2.45) is 11.7 Å². The van der Waals surface area contributed by atoms with Crippen molar-refractivity contribution in [3.05, 3.63) is 0 Å². The molecule has 2 heterocycles. The Bertz CT molecular complexity index is 465. The number of amides is 3. The zero-order chi connectivity index (χ0) is 15.7. The highest BCUT2D eigenvalue weighted by Gasteiger charge is 2.45. The van der Waals surface area contributed by atoms with Crippen LogP contribution in [0.5, 0.6) is 0 Å². The molecule has 2 saturated heterocycles. The van der Waals surface area contributed by atoms with Crippen LogP contribution in [-0.2, 0) is 14.4 Å². The third-order valence-corrected chi connectivity index (χ3v) is 5.47. The molecule has 0 aromatic carbocycles. The van der Waals surface area contributed by atoms with E-state index in [0.717, 1.165) is 25.7 Å². The highest BCUT2D eigenvalue weighted by Crippen LogP contribution is 2.30. The minimum absolute atomic E-state index is 0.0149. The summed E-state index contributed by atoms with van der Waals surface area (Å²) in [5.74, 6) is -0.372. The number of likely N-dealkylation sites (tertiary alicyclic amines) is 2. The van der Waals surface area contributed by atoms with E-state index in [-0.39, 0.29) is 35.7 Å². The second-order valence-electron chi connectivity index (χ2n) is 6.83. The zero-order valence-corrected chi connectivity index (χ0v) is 13.0. The molecule has 22 heavy (non-hydrogen) atoms. The molecule has 0 bridgehead atoms. The number of imide groups is 1. The van der Waals surface area contributed by atoms with Crippen LogP contribution in [0.2, 0.25) is 0 Å². The minimum atomic E-state index is -0.316. The first kappa shape index (κ1) is 15.5. The predicted molar refractivity (Wildman–Crippen MR) is 80.6 cm³/mol. The van der Waals surface area contributed by atoms with E-state index in [0.29, 0.717) is 32.4 Å². The van der Waals surface area contributed by atoms with E-state index < -0.39 is 0 Å². The molecular formula is C16H25N3O3. The molecule has 1 saturated carbocycles. The first-order valence-electron chi connectivity index (χ1n) is 8.47. The van der Waals surface area contributed by atoms with Gasteiger partial charge in [0.15, 0.2) is 0 Å². The molecule has 3 rings (SSSR count). The number of piperidine rings is 1. The molecule has 0 unspecified atom stereocenters. The van der Waals surface area contributed by atoms with Crippen LogP contribution >= 0.6 is 0 Å². The first-order chi connectivity index (χ1) is 10.6. The van der Waals surface area contributed by atoms with Crippen LogP contribution in [0.25, 0.3) is 0 Å². The molecule has 1 atom stereocenters. The summed E-state index contributed by atoms with van der Waals surface area (Å²) in [4.78, 5) is 39.9. The van der Waals surface area contributed by atoms with Crippen molar-refractivity contribution in [2.75, 3.05) is 13.1 Å². The fourth-order valence-corrected chi connectivity index (χ4v) is 4.14. The molecule has 0 aromatic rings. The van der Waals surface area contributed by atoms with Crippen LogP contribution < -0.4 is 5.73 Å². The highest BCUT2D eigenvalue weighted by molar-refractivity contribution is 6.05. The molecule has 2 N–H and O–H groups in total. The molecular weight excluding hydrogens is 282 g/mol. The van der Waals surface area contributed by atoms with Gasteiger partial charge in [0.25, 0.3) is 0 Å². The summed E-state index contributed by atoms with van der Waals surface area (Å²) >= 11 is 0. The van der Waals surface area contributed by atoms with Gasteiger partial charge in [-0.15, -0.1) is 0 Å². The minimum Gasteiger partial charge on any atom is -0.369 e. The van der Waals surface area contributed by atoms with Gasteiger partial charge in [-0.3, -0.25) is 24.2 Å². The summed E-state index contributed by atoms with van der Waals surface area (Å²) in [6.45, 7) is 1.35. The fraction of sp³-hybridized carbons (Fsp3) is 0.812. The van der Waals surface area contributed by atoms with Gasteiger partial charge in [-0.2, -0.15) is 0 Å². The van der Waals surface area contributed by atoms with Gasteiger partial charge >= 0.3 is 0 Å². The van der Waals surface area contributed by atoms with Crippen molar-refractivity contribution in [1.82, 2.24) is 9.80 Å². The molecule has 0 spiro atoms. The van der Waals surface area contributed by atoms with Crippen LogP contribution in [0.1, 0.15) is 51.4 Å². The van der Waals surface area contributed by atoms with Crippen molar-refractivity contribution < 1.29 is 14.4 Å². The van der Waals surface area contributed by atoms with E-state index in [1.54, 1.807) is 4.90 Å². The maximum atomic E-state index is 12.7. The molecule has 122 valence electrons. The molecule has 0 aromatic heterocycles. The molecule has 6 nitrogen and oxygen atoms in total. The maximum absolute atomic E-state index is 12.7. The Morgan fingerprint density at radius 1 is 1.00 bits per heavy atom. The lowest BCUT2D eigenvalue weighted by Gasteiger charge is -2.34. The molecule has 3 amide bonds. The normalized spacial score (nSPS) is 29.3. The van der Waals surface area contributed by atoms with Crippen molar-refractivity contribution in [3.8, 4) is 0 Å². The number of primary amides is 1. The molecule has 6 heteroatoms. The summed E-state index contributed by atoms with van der Waals surface area (Å²) in [7, 11) is 0. The number of rotatable bonds is 3. The van der Waals surface area contributed by atoms with Crippen molar-refractivity contribution in [1.29, 1.82) is 0 Å². The number of hydrogen-bond donors (Lipinski definition) is 1. The van der Waals surface area contributed by atoms with E-state index in [1.165, 1.54) is 6.42 Å². The lowest BCUT2D eigenvalue weighted by Crippen LogP contribution is -2.49. The Balaban J connectivity index is 1.63. The second kappa shape index (κ2) is 6.36. The van der Waals surface area contributed by atoms with Gasteiger partial charge < -0.3 is 5.73 Å². The van der Waals surface area contributed by atoms with Crippen LogP contribution in [-0.4, -0.2) is 52.7 Å². The van der Waals surface area contributed by atoms with Gasteiger partial charge in [-0.25, -0.2) is 0 Å². The van der Waals surface area contributed by atoms with Gasteiger partial charge in [-0.05, 0) is 38.8 Å². The molecule has 1 aliphatic carbocycles. The van der Waals surface area contributed by atoms with E-state index >= 15 is 0 Å². The van der Waals surface area contributed by atoms with Gasteiger partial charge in [0.1, 0.15) is 0 Å². The topological polar surface area (TPSA) is 83.7 Å².